The number of hydrogen-bond donors (Lipinski definition) is 1. The van der Waals surface area contributed by atoms with Crippen molar-refractivity contribution < 1.29 is 9.53 Å². The molecular formula is C15H22N2O2. The quantitative estimate of drug-likeness (QED) is 0.816. The van der Waals surface area contributed by atoms with E-state index in [9.17, 15) is 4.79 Å². The van der Waals surface area contributed by atoms with Crippen molar-refractivity contribution in [1.29, 1.82) is 0 Å². The summed E-state index contributed by atoms with van der Waals surface area (Å²) >= 11 is 0. The van der Waals surface area contributed by atoms with E-state index in [1.807, 2.05) is 25.1 Å². The van der Waals surface area contributed by atoms with Crippen molar-refractivity contribution in [3.8, 4) is 5.75 Å². The average Bonchev–Trinajstić information content (AvgIpc) is 2.45. The summed E-state index contributed by atoms with van der Waals surface area (Å²) in [5, 5.41) is 3.31. The lowest BCUT2D eigenvalue weighted by Crippen LogP contribution is -2.44. The van der Waals surface area contributed by atoms with Gasteiger partial charge >= 0.3 is 0 Å². The van der Waals surface area contributed by atoms with E-state index in [4.69, 9.17) is 4.74 Å². The molecule has 1 fully saturated rings. The zero-order chi connectivity index (χ0) is 13.7. The highest BCUT2D eigenvalue weighted by Gasteiger charge is 2.13. The van der Waals surface area contributed by atoms with Crippen LogP contribution in [0, 0.1) is 6.92 Å². The average molecular weight is 262 g/mol. The first-order chi connectivity index (χ1) is 9.20. The molecule has 2 rings (SSSR count). The Labute approximate surface area is 114 Å². The van der Waals surface area contributed by atoms with Crippen LogP contribution in [0.4, 0.5) is 0 Å². The van der Waals surface area contributed by atoms with Crippen LogP contribution in [0.3, 0.4) is 0 Å². The largest absolute Gasteiger partial charge is 0.496 e. The third-order valence-corrected chi connectivity index (χ3v) is 3.58. The zero-order valence-corrected chi connectivity index (χ0v) is 11.7. The first kappa shape index (κ1) is 14.0. The van der Waals surface area contributed by atoms with Crippen molar-refractivity contribution in [3.63, 3.8) is 0 Å². The second-order valence-corrected chi connectivity index (χ2v) is 4.95. The van der Waals surface area contributed by atoms with Crippen LogP contribution in [-0.2, 0) is 0 Å². The van der Waals surface area contributed by atoms with Gasteiger partial charge in [0.2, 0.25) is 0 Å². The molecule has 0 amide bonds. The van der Waals surface area contributed by atoms with E-state index in [1.54, 1.807) is 7.11 Å². The molecule has 0 atom stereocenters. The van der Waals surface area contributed by atoms with Crippen molar-refractivity contribution in [1.82, 2.24) is 10.2 Å². The van der Waals surface area contributed by atoms with Crippen LogP contribution >= 0.6 is 0 Å². The molecule has 1 saturated heterocycles. The maximum absolute atomic E-state index is 12.2. The number of nitrogens with one attached hydrogen (secondary N) is 1. The standard InChI is InChI=1S/C15H22N2O2/c1-12-11-13(3-4-15(12)19-2)14(18)5-8-17-9-6-16-7-10-17/h3-4,11,16H,5-10H2,1-2H3. The van der Waals surface area contributed by atoms with E-state index in [0.717, 1.165) is 49.6 Å². The summed E-state index contributed by atoms with van der Waals surface area (Å²) in [4.78, 5) is 14.5. The predicted octanol–water partition coefficient (Wildman–Crippen LogP) is 1.48. The minimum Gasteiger partial charge on any atom is -0.496 e. The lowest BCUT2D eigenvalue weighted by molar-refractivity contribution is 0.0960. The molecule has 0 radical (unpaired) electrons. The minimum absolute atomic E-state index is 0.212. The molecule has 0 aromatic heterocycles. The van der Waals surface area contributed by atoms with Gasteiger partial charge < -0.3 is 15.0 Å². The normalized spacial score (nSPS) is 16.3. The highest BCUT2D eigenvalue weighted by atomic mass is 16.5. The lowest BCUT2D eigenvalue weighted by Gasteiger charge is -2.26. The second kappa shape index (κ2) is 6.68. The first-order valence-electron chi connectivity index (χ1n) is 6.81. The van der Waals surface area contributed by atoms with E-state index in [2.05, 4.69) is 10.2 Å². The molecule has 0 unspecified atom stereocenters. The van der Waals surface area contributed by atoms with Gasteiger partial charge in [0.05, 0.1) is 7.11 Å². The fraction of sp³-hybridized carbons (Fsp3) is 0.533. The van der Waals surface area contributed by atoms with Crippen molar-refractivity contribution >= 4 is 5.78 Å². The number of carbonyl (C=O) groups excluding carboxylic acids is 1. The van der Waals surface area contributed by atoms with E-state index in [-0.39, 0.29) is 5.78 Å². The number of nitrogens with zero attached hydrogens (tertiary/aromatic N) is 1. The molecule has 1 heterocycles. The molecule has 1 aliphatic heterocycles. The number of ketones is 1. The number of Topliss-reactive ketones (excluding diaryl/α,β-unsaturated/α-hetero) is 1. The Kier molecular flexibility index (Phi) is 4.93. The molecular weight excluding hydrogens is 240 g/mol. The Morgan fingerprint density at radius 3 is 2.74 bits per heavy atom. The van der Waals surface area contributed by atoms with E-state index < -0.39 is 0 Å². The van der Waals surface area contributed by atoms with Gasteiger partial charge in [0.25, 0.3) is 0 Å². The molecule has 1 aromatic rings. The van der Waals surface area contributed by atoms with Crippen molar-refractivity contribution in [2.45, 2.75) is 13.3 Å². The van der Waals surface area contributed by atoms with Gasteiger partial charge in [-0.05, 0) is 30.7 Å². The Hall–Kier alpha value is -1.39. The molecule has 1 aliphatic rings. The Morgan fingerprint density at radius 2 is 2.11 bits per heavy atom. The topological polar surface area (TPSA) is 41.6 Å². The minimum atomic E-state index is 0.212. The summed E-state index contributed by atoms with van der Waals surface area (Å²) in [5.41, 5.74) is 1.80. The summed E-state index contributed by atoms with van der Waals surface area (Å²) in [6, 6.07) is 5.64. The van der Waals surface area contributed by atoms with Crippen LogP contribution in [0.25, 0.3) is 0 Å². The maximum atomic E-state index is 12.2. The monoisotopic (exact) mass is 262 g/mol. The number of rotatable bonds is 5. The van der Waals surface area contributed by atoms with E-state index >= 15 is 0 Å². The molecule has 104 valence electrons. The number of ether oxygens (including phenoxy) is 1. The second-order valence-electron chi connectivity index (χ2n) is 4.95. The Bertz CT molecular complexity index is 440. The fourth-order valence-corrected chi connectivity index (χ4v) is 2.39. The number of aryl methyl sites for hydroxylation is 1. The zero-order valence-electron chi connectivity index (χ0n) is 11.7. The lowest BCUT2D eigenvalue weighted by atomic mass is 10.0. The smallest absolute Gasteiger partial charge is 0.164 e. The fourth-order valence-electron chi connectivity index (χ4n) is 2.39. The van der Waals surface area contributed by atoms with Crippen LogP contribution in [0.5, 0.6) is 5.75 Å². The maximum Gasteiger partial charge on any atom is 0.164 e. The van der Waals surface area contributed by atoms with Gasteiger partial charge in [0, 0.05) is 44.7 Å². The van der Waals surface area contributed by atoms with Gasteiger partial charge in [-0.25, -0.2) is 0 Å². The number of piperazine rings is 1. The molecule has 19 heavy (non-hydrogen) atoms. The molecule has 1 aromatic carbocycles. The number of benzene rings is 1. The summed E-state index contributed by atoms with van der Waals surface area (Å²) in [6.45, 7) is 6.94. The summed E-state index contributed by atoms with van der Waals surface area (Å²) < 4.78 is 5.21. The molecule has 0 saturated carbocycles. The number of hydrogen-bond acceptors (Lipinski definition) is 4. The summed E-state index contributed by atoms with van der Waals surface area (Å²) in [5.74, 6) is 1.04. The highest BCUT2D eigenvalue weighted by Crippen LogP contribution is 2.19. The first-order valence-corrected chi connectivity index (χ1v) is 6.81. The van der Waals surface area contributed by atoms with Crippen LogP contribution in [0.1, 0.15) is 22.3 Å². The van der Waals surface area contributed by atoms with Crippen molar-refractivity contribution in [2.75, 3.05) is 39.8 Å². The van der Waals surface area contributed by atoms with Gasteiger partial charge in [-0.1, -0.05) is 0 Å². The van der Waals surface area contributed by atoms with E-state index in [1.165, 1.54) is 0 Å². The van der Waals surface area contributed by atoms with Gasteiger partial charge in [-0.2, -0.15) is 0 Å². The Morgan fingerprint density at radius 1 is 1.37 bits per heavy atom. The van der Waals surface area contributed by atoms with Crippen LogP contribution < -0.4 is 10.1 Å². The molecule has 0 aliphatic carbocycles. The SMILES string of the molecule is COc1ccc(C(=O)CCN2CCNCC2)cc1C. The number of methoxy groups -OCH3 is 1. The molecule has 1 N–H and O–H groups in total. The molecule has 0 bridgehead atoms. The third-order valence-electron chi connectivity index (χ3n) is 3.58. The number of carbonyl (C=O) groups is 1. The van der Waals surface area contributed by atoms with Gasteiger partial charge in [-0.15, -0.1) is 0 Å². The summed E-state index contributed by atoms with van der Waals surface area (Å²) in [6.07, 6.45) is 0.589. The van der Waals surface area contributed by atoms with Gasteiger partial charge in [0.1, 0.15) is 5.75 Å². The van der Waals surface area contributed by atoms with Gasteiger partial charge in [-0.3, -0.25) is 4.79 Å². The van der Waals surface area contributed by atoms with Crippen molar-refractivity contribution in [2.24, 2.45) is 0 Å². The van der Waals surface area contributed by atoms with Crippen LogP contribution in [0.2, 0.25) is 0 Å². The molecule has 4 heteroatoms. The highest BCUT2D eigenvalue weighted by molar-refractivity contribution is 5.96. The van der Waals surface area contributed by atoms with Gasteiger partial charge in [0.15, 0.2) is 5.78 Å². The van der Waals surface area contributed by atoms with E-state index in [0.29, 0.717) is 6.42 Å². The van der Waals surface area contributed by atoms with Crippen LogP contribution in [0.15, 0.2) is 18.2 Å². The van der Waals surface area contributed by atoms with Crippen LogP contribution in [-0.4, -0.2) is 50.5 Å². The third kappa shape index (κ3) is 3.78. The predicted molar refractivity (Wildman–Crippen MR) is 76.0 cm³/mol. The summed E-state index contributed by atoms with van der Waals surface area (Å²) in [7, 11) is 1.65. The van der Waals surface area contributed by atoms with Crippen molar-refractivity contribution in [3.05, 3.63) is 29.3 Å². The molecule has 0 spiro atoms. The Balaban J connectivity index is 1.90. The molecule has 4 nitrogen and oxygen atoms in total.